The normalized spacial score (nSPS) is 22.3. The first-order valence-electron chi connectivity index (χ1n) is 6.74. The zero-order valence-corrected chi connectivity index (χ0v) is 11.1. The van der Waals surface area contributed by atoms with Gasteiger partial charge in [0.25, 0.3) is 0 Å². The van der Waals surface area contributed by atoms with Crippen LogP contribution in [0, 0.1) is 12.3 Å². The highest BCUT2D eigenvalue weighted by atomic mass is 15.2. The van der Waals surface area contributed by atoms with Crippen molar-refractivity contribution in [2.45, 2.75) is 31.8 Å². The summed E-state index contributed by atoms with van der Waals surface area (Å²) in [4.78, 5) is 2.50. The van der Waals surface area contributed by atoms with Crippen molar-refractivity contribution in [3.05, 3.63) is 35.9 Å². The lowest BCUT2D eigenvalue weighted by Crippen LogP contribution is -2.54. The summed E-state index contributed by atoms with van der Waals surface area (Å²) in [5.41, 5.74) is 1.40. The van der Waals surface area contributed by atoms with Gasteiger partial charge >= 0.3 is 0 Å². The number of benzene rings is 1. The molecule has 2 heteroatoms. The minimum atomic E-state index is 0.496. The average molecular weight is 242 g/mol. The van der Waals surface area contributed by atoms with Gasteiger partial charge in [-0.05, 0) is 18.9 Å². The minimum absolute atomic E-state index is 0.496. The van der Waals surface area contributed by atoms with Crippen LogP contribution in [0.5, 0.6) is 0 Å². The Morgan fingerprint density at radius 3 is 2.94 bits per heavy atom. The molecule has 0 saturated carbocycles. The van der Waals surface area contributed by atoms with Gasteiger partial charge in [0, 0.05) is 38.1 Å². The maximum Gasteiger partial charge on any atom is 0.0240 e. The van der Waals surface area contributed by atoms with Gasteiger partial charge in [-0.15, -0.1) is 12.3 Å². The smallest absolute Gasteiger partial charge is 0.0240 e. The van der Waals surface area contributed by atoms with Crippen molar-refractivity contribution in [3.8, 4) is 12.3 Å². The molecular weight excluding hydrogens is 220 g/mol. The third-order valence-corrected chi connectivity index (χ3v) is 3.65. The van der Waals surface area contributed by atoms with Crippen LogP contribution in [0.3, 0.4) is 0 Å². The molecule has 0 bridgehead atoms. The molecule has 0 amide bonds. The van der Waals surface area contributed by atoms with Gasteiger partial charge in [0.1, 0.15) is 0 Å². The third-order valence-electron chi connectivity index (χ3n) is 3.65. The number of nitrogens with zero attached hydrogens (tertiary/aromatic N) is 1. The Hall–Kier alpha value is -1.30. The van der Waals surface area contributed by atoms with Gasteiger partial charge in [0.2, 0.25) is 0 Å². The summed E-state index contributed by atoms with van der Waals surface area (Å²) in [6.45, 7) is 5.49. The lowest BCUT2D eigenvalue weighted by Gasteiger charge is -2.37. The van der Waals surface area contributed by atoms with Crippen LogP contribution in [0.2, 0.25) is 0 Å². The van der Waals surface area contributed by atoms with Gasteiger partial charge in [-0.25, -0.2) is 0 Å². The van der Waals surface area contributed by atoms with Crippen molar-refractivity contribution >= 4 is 0 Å². The maximum absolute atomic E-state index is 5.40. The molecule has 18 heavy (non-hydrogen) atoms. The summed E-state index contributed by atoms with van der Waals surface area (Å²) >= 11 is 0. The summed E-state index contributed by atoms with van der Waals surface area (Å²) in [5.74, 6) is 2.77. The Morgan fingerprint density at radius 1 is 1.44 bits per heavy atom. The number of rotatable bonds is 4. The quantitative estimate of drug-likeness (QED) is 0.812. The monoisotopic (exact) mass is 242 g/mol. The van der Waals surface area contributed by atoms with Crippen LogP contribution in [-0.2, 0) is 6.42 Å². The average Bonchev–Trinajstić information content (AvgIpc) is 2.40. The molecular formula is C16H22N2. The Morgan fingerprint density at radius 2 is 2.22 bits per heavy atom. The maximum atomic E-state index is 5.40. The van der Waals surface area contributed by atoms with Crippen molar-refractivity contribution < 1.29 is 0 Å². The zero-order valence-electron chi connectivity index (χ0n) is 11.1. The fourth-order valence-electron chi connectivity index (χ4n) is 2.59. The van der Waals surface area contributed by atoms with Crippen molar-refractivity contribution in [3.63, 3.8) is 0 Å². The van der Waals surface area contributed by atoms with E-state index in [1.54, 1.807) is 0 Å². The molecule has 0 spiro atoms. The molecule has 2 unspecified atom stereocenters. The molecule has 0 aliphatic carbocycles. The zero-order chi connectivity index (χ0) is 12.8. The molecule has 2 rings (SSSR count). The van der Waals surface area contributed by atoms with E-state index in [4.69, 9.17) is 6.42 Å². The van der Waals surface area contributed by atoms with Crippen LogP contribution in [-0.4, -0.2) is 36.6 Å². The molecule has 1 fully saturated rings. The van der Waals surface area contributed by atoms with E-state index in [0.717, 1.165) is 32.5 Å². The largest absolute Gasteiger partial charge is 0.311 e. The van der Waals surface area contributed by atoms with E-state index in [0.29, 0.717) is 12.1 Å². The first kappa shape index (κ1) is 13.1. The molecule has 2 atom stereocenters. The second-order valence-corrected chi connectivity index (χ2v) is 5.09. The number of piperazine rings is 1. The van der Waals surface area contributed by atoms with E-state index < -0.39 is 0 Å². The molecule has 1 heterocycles. The van der Waals surface area contributed by atoms with E-state index >= 15 is 0 Å². The molecule has 1 saturated heterocycles. The van der Waals surface area contributed by atoms with E-state index in [9.17, 15) is 0 Å². The summed E-state index contributed by atoms with van der Waals surface area (Å²) in [7, 11) is 0. The predicted octanol–water partition coefficient (Wildman–Crippen LogP) is 1.91. The van der Waals surface area contributed by atoms with E-state index in [1.165, 1.54) is 5.56 Å². The minimum Gasteiger partial charge on any atom is -0.311 e. The first-order chi connectivity index (χ1) is 8.79. The Balaban J connectivity index is 1.89. The molecule has 1 aromatic rings. The summed E-state index contributed by atoms with van der Waals surface area (Å²) < 4.78 is 0. The summed E-state index contributed by atoms with van der Waals surface area (Å²) in [6, 6.07) is 11.7. The summed E-state index contributed by atoms with van der Waals surface area (Å²) in [6.07, 6.45) is 7.34. The Kier molecular flexibility index (Phi) is 4.81. The fraction of sp³-hybridized carbons (Fsp3) is 0.500. The highest BCUT2D eigenvalue weighted by Gasteiger charge is 2.22. The van der Waals surface area contributed by atoms with Gasteiger partial charge in [-0.2, -0.15) is 0 Å². The van der Waals surface area contributed by atoms with Crippen molar-refractivity contribution in [2.24, 2.45) is 0 Å². The van der Waals surface area contributed by atoms with Gasteiger partial charge < -0.3 is 5.32 Å². The molecule has 0 aromatic heterocycles. The molecule has 96 valence electrons. The van der Waals surface area contributed by atoms with Gasteiger partial charge in [0.05, 0.1) is 0 Å². The van der Waals surface area contributed by atoms with Crippen molar-refractivity contribution in [2.75, 3.05) is 19.6 Å². The number of hydrogen-bond acceptors (Lipinski definition) is 2. The van der Waals surface area contributed by atoms with Crippen LogP contribution in [0.1, 0.15) is 18.9 Å². The molecule has 1 aliphatic rings. The second kappa shape index (κ2) is 6.58. The van der Waals surface area contributed by atoms with E-state index in [1.807, 2.05) is 0 Å². The number of hydrogen-bond donors (Lipinski definition) is 1. The molecule has 2 nitrogen and oxygen atoms in total. The van der Waals surface area contributed by atoms with Crippen LogP contribution >= 0.6 is 0 Å². The Bertz CT molecular complexity index is 393. The number of terminal acetylenes is 1. The van der Waals surface area contributed by atoms with Gasteiger partial charge in [-0.1, -0.05) is 30.3 Å². The van der Waals surface area contributed by atoms with Crippen LogP contribution < -0.4 is 5.32 Å². The van der Waals surface area contributed by atoms with E-state index in [2.05, 4.69) is 53.4 Å². The van der Waals surface area contributed by atoms with Gasteiger partial charge in [-0.3, -0.25) is 4.90 Å². The topological polar surface area (TPSA) is 15.3 Å². The molecule has 1 aromatic carbocycles. The van der Waals surface area contributed by atoms with Crippen molar-refractivity contribution in [1.82, 2.24) is 10.2 Å². The Labute approximate surface area is 110 Å². The lowest BCUT2D eigenvalue weighted by molar-refractivity contribution is 0.154. The fourth-order valence-corrected chi connectivity index (χ4v) is 2.59. The third kappa shape index (κ3) is 3.60. The van der Waals surface area contributed by atoms with Gasteiger partial charge in [0.15, 0.2) is 0 Å². The molecule has 1 N–H and O–H groups in total. The molecule has 1 aliphatic heterocycles. The highest BCUT2D eigenvalue weighted by Crippen LogP contribution is 2.11. The second-order valence-electron chi connectivity index (χ2n) is 5.09. The highest BCUT2D eigenvalue weighted by molar-refractivity contribution is 5.16. The lowest BCUT2D eigenvalue weighted by atomic mass is 10.0. The van der Waals surface area contributed by atoms with Crippen molar-refractivity contribution in [1.29, 1.82) is 0 Å². The first-order valence-corrected chi connectivity index (χ1v) is 6.74. The predicted molar refractivity (Wildman–Crippen MR) is 76.4 cm³/mol. The molecule has 0 radical (unpaired) electrons. The van der Waals surface area contributed by atoms with Crippen LogP contribution in [0.25, 0.3) is 0 Å². The van der Waals surface area contributed by atoms with E-state index in [-0.39, 0.29) is 0 Å². The standard InChI is InChI=1S/C16H22N2/c1-3-7-14(2)18-11-10-17-16(13-18)12-15-8-5-4-6-9-15/h1,4-6,8-9,14,16-17H,7,10-13H2,2H3. The number of nitrogens with one attached hydrogen (secondary N) is 1. The van der Waals surface area contributed by atoms with Crippen LogP contribution in [0.4, 0.5) is 0 Å². The van der Waals surface area contributed by atoms with Crippen LogP contribution in [0.15, 0.2) is 30.3 Å². The summed E-state index contributed by atoms with van der Waals surface area (Å²) in [5, 5.41) is 3.60. The SMILES string of the molecule is C#CCC(C)N1CCNC(Cc2ccccc2)C1.